The van der Waals surface area contributed by atoms with Gasteiger partial charge in [-0.2, -0.15) is 0 Å². The summed E-state index contributed by atoms with van der Waals surface area (Å²) in [6.45, 7) is 0.131. The number of hydrogen-bond acceptors (Lipinski definition) is 6. The molecule has 2 unspecified atom stereocenters. The van der Waals surface area contributed by atoms with Crippen molar-refractivity contribution >= 4 is 18.0 Å². The number of amides is 2. The smallest absolute Gasteiger partial charge is 0.407 e. The van der Waals surface area contributed by atoms with Crippen molar-refractivity contribution in [1.82, 2.24) is 10.2 Å². The van der Waals surface area contributed by atoms with Crippen molar-refractivity contribution in [2.24, 2.45) is 0 Å². The number of hydrogen-bond donors (Lipinski definition) is 2. The van der Waals surface area contributed by atoms with Gasteiger partial charge >= 0.3 is 12.1 Å². The van der Waals surface area contributed by atoms with Gasteiger partial charge in [0.2, 0.25) is 5.91 Å². The Labute approximate surface area is 197 Å². The van der Waals surface area contributed by atoms with Gasteiger partial charge in [-0.1, -0.05) is 48.5 Å². The Morgan fingerprint density at radius 1 is 1.09 bits per heavy atom. The topological polar surface area (TPSA) is 114 Å². The van der Waals surface area contributed by atoms with E-state index >= 15 is 0 Å². The van der Waals surface area contributed by atoms with Gasteiger partial charge in [-0.05, 0) is 22.3 Å². The van der Waals surface area contributed by atoms with E-state index in [1.807, 2.05) is 36.4 Å². The monoisotopic (exact) mass is 468 g/mol. The van der Waals surface area contributed by atoms with Gasteiger partial charge in [0.15, 0.2) is 5.60 Å². The van der Waals surface area contributed by atoms with Crippen LogP contribution in [0.5, 0.6) is 0 Å². The number of alkyl carbamates (subject to hydrolysis) is 1. The van der Waals surface area contributed by atoms with Crippen LogP contribution in [0, 0.1) is 0 Å². The Morgan fingerprint density at radius 2 is 1.71 bits per heavy atom. The predicted octanol–water partition coefficient (Wildman–Crippen LogP) is 2.24. The van der Waals surface area contributed by atoms with Crippen LogP contribution in [-0.4, -0.2) is 80.1 Å². The second kappa shape index (κ2) is 9.82. The molecule has 0 spiro atoms. The number of benzene rings is 2. The number of nitrogens with one attached hydrogen (secondary N) is 1. The predicted molar refractivity (Wildman–Crippen MR) is 122 cm³/mol. The highest BCUT2D eigenvalue weighted by Crippen LogP contribution is 2.44. The molecule has 180 valence electrons. The van der Waals surface area contributed by atoms with Crippen molar-refractivity contribution < 1.29 is 33.7 Å². The molecule has 0 bridgehead atoms. The van der Waals surface area contributed by atoms with Gasteiger partial charge in [0.25, 0.3) is 0 Å². The third-order valence-corrected chi connectivity index (χ3v) is 6.59. The first-order chi connectivity index (χ1) is 16.4. The number of aliphatic carboxylic acids is 1. The number of nitrogens with zero attached hydrogens (tertiary/aromatic N) is 1. The van der Waals surface area contributed by atoms with Crippen LogP contribution in [0.25, 0.3) is 11.1 Å². The Morgan fingerprint density at radius 3 is 2.24 bits per heavy atom. The number of fused-ring (bicyclic) bond motifs is 3. The largest absolute Gasteiger partial charge is 0.479 e. The number of carbonyl (C=O) groups excluding carboxylic acids is 2. The van der Waals surface area contributed by atoms with E-state index in [0.29, 0.717) is 0 Å². The first-order valence-electron chi connectivity index (χ1n) is 11.1. The molecule has 1 aliphatic carbocycles. The normalized spacial score (nSPS) is 19.9. The van der Waals surface area contributed by atoms with Crippen LogP contribution < -0.4 is 5.32 Å². The minimum atomic E-state index is -1.45. The number of carboxylic acids is 1. The molecule has 9 nitrogen and oxygen atoms in total. The van der Waals surface area contributed by atoms with E-state index in [1.165, 1.54) is 19.1 Å². The molecule has 1 aliphatic heterocycles. The van der Waals surface area contributed by atoms with Crippen LogP contribution in [0.15, 0.2) is 48.5 Å². The average molecular weight is 469 g/mol. The lowest BCUT2D eigenvalue weighted by Crippen LogP contribution is -2.52. The first-order valence-corrected chi connectivity index (χ1v) is 11.1. The van der Waals surface area contributed by atoms with Crippen LogP contribution in [0.2, 0.25) is 0 Å². The summed E-state index contributed by atoms with van der Waals surface area (Å²) in [5.74, 6) is -1.68. The van der Waals surface area contributed by atoms with Crippen molar-refractivity contribution in [1.29, 1.82) is 0 Å². The maximum atomic E-state index is 13.0. The van der Waals surface area contributed by atoms with E-state index in [0.717, 1.165) is 22.3 Å². The third kappa shape index (κ3) is 4.36. The van der Waals surface area contributed by atoms with E-state index in [9.17, 15) is 19.5 Å². The number of rotatable bonds is 8. The second-order valence-electron chi connectivity index (χ2n) is 8.49. The standard InChI is InChI=1S/C25H28N2O7/c1-32-14-21(22(28)27-12-11-25(15-27,33-2)23(29)30)26-24(31)34-13-20-18-9-5-3-7-16(18)17-8-4-6-10-19(17)20/h3-10,20-21H,11-15H2,1-2H3,(H,26,31)(H,29,30). The molecule has 2 aromatic carbocycles. The molecule has 9 heteroatoms. The number of methoxy groups -OCH3 is 2. The number of carboxylic acid groups (broad SMARTS) is 1. The molecule has 1 fully saturated rings. The summed E-state index contributed by atoms with van der Waals surface area (Å²) in [6, 6.07) is 15.0. The lowest BCUT2D eigenvalue weighted by Gasteiger charge is -2.26. The average Bonchev–Trinajstić information content (AvgIpc) is 3.43. The molecule has 2 aliphatic rings. The van der Waals surface area contributed by atoms with Crippen molar-refractivity contribution in [3.05, 3.63) is 59.7 Å². The number of carbonyl (C=O) groups is 3. The zero-order chi connectivity index (χ0) is 24.3. The van der Waals surface area contributed by atoms with E-state index in [-0.39, 0.29) is 38.6 Å². The zero-order valence-electron chi connectivity index (χ0n) is 19.2. The second-order valence-corrected chi connectivity index (χ2v) is 8.49. The van der Waals surface area contributed by atoms with Gasteiger partial charge in [-0.25, -0.2) is 9.59 Å². The van der Waals surface area contributed by atoms with Crippen molar-refractivity contribution in [3.8, 4) is 11.1 Å². The lowest BCUT2D eigenvalue weighted by molar-refractivity contribution is -0.161. The molecule has 2 atom stereocenters. The molecule has 2 aromatic rings. The van der Waals surface area contributed by atoms with Crippen LogP contribution in [0.4, 0.5) is 4.79 Å². The zero-order valence-corrected chi connectivity index (χ0v) is 19.2. The number of ether oxygens (including phenoxy) is 3. The van der Waals surface area contributed by atoms with Gasteiger partial charge in [-0.15, -0.1) is 0 Å². The first kappa shape index (κ1) is 23.7. The highest BCUT2D eigenvalue weighted by molar-refractivity contribution is 5.88. The summed E-state index contributed by atoms with van der Waals surface area (Å²) in [4.78, 5) is 38.6. The highest BCUT2D eigenvalue weighted by atomic mass is 16.5. The van der Waals surface area contributed by atoms with Crippen LogP contribution in [-0.2, 0) is 23.8 Å². The number of likely N-dealkylation sites (tertiary alicyclic amines) is 1. The van der Waals surface area contributed by atoms with Crippen molar-refractivity contribution in [2.45, 2.75) is 24.0 Å². The Hall–Kier alpha value is -3.43. The maximum Gasteiger partial charge on any atom is 0.407 e. The molecule has 2 amide bonds. The Bertz CT molecular complexity index is 1040. The summed E-state index contributed by atoms with van der Waals surface area (Å²) < 4.78 is 15.8. The van der Waals surface area contributed by atoms with Crippen LogP contribution >= 0.6 is 0 Å². The molecule has 0 saturated carbocycles. The molecular weight excluding hydrogens is 440 g/mol. The minimum absolute atomic E-state index is 0.0768. The van der Waals surface area contributed by atoms with Crippen molar-refractivity contribution in [3.63, 3.8) is 0 Å². The molecule has 34 heavy (non-hydrogen) atoms. The van der Waals surface area contributed by atoms with E-state index in [1.54, 1.807) is 0 Å². The van der Waals surface area contributed by atoms with E-state index in [4.69, 9.17) is 14.2 Å². The van der Waals surface area contributed by atoms with Gasteiger partial charge in [0, 0.05) is 33.1 Å². The van der Waals surface area contributed by atoms with Gasteiger partial charge < -0.3 is 29.5 Å². The molecule has 2 N–H and O–H groups in total. The third-order valence-electron chi connectivity index (χ3n) is 6.59. The van der Waals surface area contributed by atoms with Gasteiger partial charge in [0.1, 0.15) is 12.6 Å². The fourth-order valence-corrected chi connectivity index (χ4v) is 4.74. The van der Waals surface area contributed by atoms with Crippen LogP contribution in [0.1, 0.15) is 23.5 Å². The summed E-state index contributed by atoms with van der Waals surface area (Å²) in [7, 11) is 2.73. The maximum absolute atomic E-state index is 13.0. The molecule has 0 radical (unpaired) electrons. The van der Waals surface area contributed by atoms with Gasteiger partial charge in [0.05, 0.1) is 13.2 Å². The minimum Gasteiger partial charge on any atom is -0.479 e. The highest BCUT2D eigenvalue weighted by Gasteiger charge is 2.47. The molecule has 1 heterocycles. The summed E-state index contributed by atoms with van der Waals surface area (Å²) in [5.41, 5.74) is 2.96. The fraction of sp³-hybridized carbons (Fsp3) is 0.400. The molecule has 4 rings (SSSR count). The summed E-state index contributed by atoms with van der Waals surface area (Å²) >= 11 is 0. The van der Waals surface area contributed by atoms with Gasteiger partial charge in [-0.3, -0.25) is 4.79 Å². The SMILES string of the molecule is COCC(NC(=O)OCC1c2ccccc2-c2ccccc21)C(=O)N1CCC(OC)(C(=O)O)C1. The van der Waals surface area contributed by atoms with Crippen molar-refractivity contribution in [2.75, 3.05) is 40.5 Å². The van der Waals surface area contributed by atoms with Crippen LogP contribution in [0.3, 0.4) is 0 Å². The summed E-state index contributed by atoms with van der Waals surface area (Å²) in [5, 5.41) is 12.1. The van der Waals surface area contributed by atoms with E-state index < -0.39 is 29.6 Å². The fourth-order valence-electron chi connectivity index (χ4n) is 4.74. The van der Waals surface area contributed by atoms with E-state index in [2.05, 4.69) is 17.4 Å². The Kier molecular flexibility index (Phi) is 6.85. The molecular formula is C25H28N2O7. The summed E-state index contributed by atoms with van der Waals surface area (Å²) in [6.07, 6.45) is -0.581. The molecule has 0 aromatic heterocycles. The molecule has 1 saturated heterocycles. The lowest BCUT2D eigenvalue weighted by atomic mass is 9.98. The Balaban J connectivity index is 1.40. The quantitative estimate of drug-likeness (QED) is 0.611.